The number of nitrogens with zero attached hydrogens (tertiary/aromatic N) is 2. The van der Waals surface area contributed by atoms with Gasteiger partial charge in [0.2, 0.25) is 11.7 Å². The highest BCUT2D eigenvalue weighted by molar-refractivity contribution is 6.31. The van der Waals surface area contributed by atoms with Gasteiger partial charge in [-0.2, -0.15) is 4.98 Å². The summed E-state index contributed by atoms with van der Waals surface area (Å²) in [6.07, 6.45) is 0.0852. The van der Waals surface area contributed by atoms with Crippen LogP contribution in [0.3, 0.4) is 0 Å². The van der Waals surface area contributed by atoms with Gasteiger partial charge >= 0.3 is 0 Å². The zero-order valence-electron chi connectivity index (χ0n) is 8.91. The number of carbonyl (C=O) groups is 1. The summed E-state index contributed by atoms with van der Waals surface area (Å²) >= 11 is 5.64. The Bertz CT molecular complexity index is 568. The van der Waals surface area contributed by atoms with Crippen molar-refractivity contribution >= 4 is 17.4 Å². The molecule has 0 spiro atoms. The number of Topliss-reactive ketones (excluding diaryl/α,β-unsaturated/α-hetero) is 1. The first-order valence-electron chi connectivity index (χ1n) is 4.83. The lowest BCUT2D eigenvalue weighted by Crippen LogP contribution is -1.96. The van der Waals surface area contributed by atoms with Gasteiger partial charge in [-0.1, -0.05) is 16.8 Å². The summed E-state index contributed by atoms with van der Waals surface area (Å²) in [5.41, 5.74) is 0.537. The molecule has 0 saturated heterocycles. The van der Waals surface area contributed by atoms with Crippen molar-refractivity contribution in [3.63, 3.8) is 0 Å². The molecule has 88 valence electrons. The minimum atomic E-state index is -0.511. The van der Waals surface area contributed by atoms with Crippen molar-refractivity contribution in [2.75, 3.05) is 0 Å². The molecule has 17 heavy (non-hydrogen) atoms. The Morgan fingerprint density at radius 3 is 2.94 bits per heavy atom. The maximum Gasteiger partial charge on any atom is 0.234 e. The van der Waals surface area contributed by atoms with Crippen LogP contribution in [-0.4, -0.2) is 15.9 Å². The summed E-state index contributed by atoms with van der Waals surface area (Å²) in [4.78, 5) is 14.9. The molecular formula is C11H8ClFN2O2. The second kappa shape index (κ2) is 4.63. The van der Waals surface area contributed by atoms with Gasteiger partial charge in [0.05, 0.1) is 11.4 Å². The van der Waals surface area contributed by atoms with Gasteiger partial charge in [-0.15, -0.1) is 0 Å². The molecule has 0 aliphatic carbocycles. The molecule has 1 aromatic heterocycles. The van der Waals surface area contributed by atoms with Crippen LogP contribution in [0, 0.1) is 5.82 Å². The standard InChI is InChI=1S/C11H8ClFN2O2/c1-6(16)4-10-14-11(15-17-10)7-2-3-9(13)8(12)5-7/h2-3,5H,4H2,1H3. The number of carbonyl (C=O) groups excluding carboxylic acids is 1. The van der Waals surface area contributed by atoms with E-state index < -0.39 is 5.82 Å². The molecular weight excluding hydrogens is 247 g/mol. The van der Waals surface area contributed by atoms with Gasteiger partial charge in [-0.3, -0.25) is 4.79 Å². The lowest BCUT2D eigenvalue weighted by molar-refractivity contribution is -0.116. The Hall–Kier alpha value is -1.75. The molecule has 0 saturated carbocycles. The quantitative estimate of drug-likeness (QED) is 0.845. The van der Waals surface area contributed by atoms with Gasteiger partial charge < -0.3 is 4.52 Å². The van der Waals surface area contributed by atoms with Crippen LogP contribution in [0.2, 0.25) is 5.02 Å². The van der Waals surface area contributed by atoms with E-state index in [-0.39, 0.29) is 28.9 Å². The minimum Gasteiger partial charge on any atom is -0.339 e. The van der Waals surface area contributed by atoms with Crippen LogP contribution in [0.1, 0.15) is 12.8 Å². The average Bonchev–Trinajstić information content (AvgIpc) is 2.69. The van der Waals surface area contributed by atoms with Gasteiger partial charge in [-0.25, -0.2) is 4.39 Å². The van der Waals surface area contributed by atoms with Crippen molar-refractivity contribution in [2.45, 2.75) is 13.3 Å². The molecule has 0 fully saturated rings. The molecule has 0 atom stereocenters. The monoisotopic (exact) mass is 254 g/mol. The van der Waals surface area contributed by atoms with E-state index in [0.29, 0.717) is 5.56 Å². The largest absolute Gasteiger partial charge is 0.339 e. The molecule has 0 bridgehead atoms. The topological polar surface area (TPSA) is 56.0 Å². The maximum absolute atomic E-state index is 13.0. The molecule has 2 aromatic rings. The van der Waals surface area contributed by atoms with E-state index in [0.717, 1.165) is 0 Å². The Morgan fingerprint density at radius 1 is 1.53 bits per heavy atom. The number of ketones is 1. The molecule has 6 heteroatoms. The predicted molar refractivity (Wildman–Crippen MR) is 59.1 cm³/mol. The highest BCUT2D eigenvalue weighted by Crippen LogP contribution is 2.22. The lowest BCUT2D eigenvalue weighted by atomic mass is 10.2. The molecule has 4 nitrogen and oxygen atoms in total. The minimum absolute atomic E-state index is 0.0135. The summed E-state index contributed by atoms with van der Waals surface area (Å²) in [7, 11) is 0. The van der Waals surface area contributed by atoms with Crippen molar-refractivity contribution in [1.82, 2.24) is 10.1 Å². The fourth-order valence-corrected chi connectivity index (χ4v) is 1.47. The fraction of sp³-hybridized carbons (Fsp3) is 0.182. The van der Waals surface area contributed by atoms with E-state index in [1.54, 1.807) is 0 Å². The third kappa shape index (κ3) is 2.68. The molecule has 0 aliphatic rings. The van der Waals surface area contributed by atoms with Gasteiger partial charge in [0.25, 0.3) is 0 Å². The van der Waals surface area contributed by atoms with E-state index >= 15 is 0 Å². The lowest BCUT2D eigenvalue weighted by Gasteiger charge is -1.96. The SMILES string of the molecule is CC(=O)Cc1nc(-c2ccc(F)c(Cl)c2)no1. The summed E-state index contributed by atoms with van der Waals surface area (Å²) < 4.78 is 17.8. The molecule has 2 rings (SSSR count). The molecule has 0 aliphatic heterocycles. The first-order valence-corrected chi connectivity index (χ1v) is 5.21. The van der Waals surface area contributed by atoms with Crippen LogP contribution < -0.4 is 0 Å². The van der Waals surface area contributed by atoms with Crippen LogP contribution >= 0.6 is 11.6 Å². The smallest absolute Gasteiger partial charge is 0.234 e. The highest BCUT2D eigenvalue weighted by Gasteiger charge is 2.11. The first-order chi connectivity index (χ1) is 8.06. The van der Waals surface area contributed by atoms with E-state index in [1.807, 2.05) is 0 Å². The fourth-order valence-electron chi connectivity index (χ4n) is 1.29. The molecule has 1 heterocycles. The zero-order valence-corrected chi connectivity index (χ0v) is 9.66. The molecule has 1 aromatic carbocycles. The Labute approximate surface area is 101 Å². The number of aromatic nitrogens is 2. The number of halogens is 2. The Kier molecular flexibility index (Phi) is 3.19. The third-order valence-corrected chi connectivity index (χ3v) is 2.34. The van der Waals surface area contributed by atoms with Gasteiger partial charge in [0.15, 0.2) is 0 Å². The Balaban J connectivity index is 2.30. The van der Waals surface area contributed by atoms with E-state index in [2.05, 4.69) is 10.1 Å². The Morgan fingerprint density at radius 2 is 2.29 bits per heavy atom. The van der Waals surface area contributed by atoms with Crippen molar-refractivity contribution in [3.05, 3.63) is 34.9 Å². The molecule has 0 N–H and O–H groups in total. The van der Waals surface area contributed by atoms with Crippen LogP contribution in [0.25, 0.3) is 11.4 Å². The van der Waals surface area contributed by atoms with Crippen LogP contribution in [0.4, 0.5) is 4.39 Å². The van der Waals surface area contributed by atoms with Crippen molar-refractivity contribution in [3.8, 4) is 11.4 Å². The second-order valence-electron chi connectivity index (χ2n) is 3.52. The number of rotatable bonds is 3. The summed E-state index contributed by atoms with van der Waals surface area (Å²) in [5, 5.41) is 3.68. The van der Waals surface area contributed by atoms with Gasteiger partial charge in [0, 0.05) is 5.56 Å². The maximum atomic E-state index is 13.0. The first kappa shape index (κ1) is 11.7. The second-order valence-corrected chi connectivity index (χ2v) is 3.93. The van der Waals surface area contributed by atoms with E-state index in [1.165, 1.54) is 25.1 Å². The molecule has 0 radical (unpaired) electrons. The van der Waals surface area contributed by atoms with E-state index in [9.17, 15) is 9.18 Å². The summed E-state index contributed by atoms with van der Waals surface area (Å²) in [6, 6.07) is 4.11. The van der Waals surface area contributed by atoms with Gasteiger partial charge in [-0.05, 0) is 25.1 Å². The number of hydrogen-bond acceptors (Lipinski definition) is 4. The summed E-state index contributed by atoms with van der Waals surface area (Å²) in [6.45, 7) is 1.43. The number of benzene rings is 1. The predicted octanol–water partition coefficient (Wildman–Crippen LogP) is 2.66. The molecule has 0 unspecified atom stereocenters. The average molecular weight is 255 g/mol. The molecule has 0 amide bonds. The van der Waals surface area contributed by atoms with Crippen molar-refractivity contribution < 1.29 is 13.7 Å². The van der Waals surface area contributed by atoms with Crippen LogP contribution in [0.15, 0.2) is 22.7 Å². The van der Waals surface area contributed by atoms with Crippen LogP contribution in [-0.2, 0) is 11.2 Å². The van der Waals surface area contributed by atoms with Crippen molar-refractivity contribution in [2.24, 2.45) is 0 Å². The number of hydrogen-bond donors (Lipinski definition) is 0. The zero-order chi connectivity index (χ0) is 12.4. The third-order valence-electron chi connectivity index (χ3n) is 2.05. The van der Waals surface area contributed by atoms with Crippen LogP contribution in [0.5, 0.6) is 0 Å². The van der Waals surface area contributed by atoms with E-state index in [4.69, 9.17) is 16.1 Å². The van der Waals surface area contributed by atoms with Crippen molar-refractivity contribution in [1.29, 1.82) is 0 Å². The normalized spacial score (nSPS) is 10.5. The summed E-state index contributed by atoms with van der Waals surface area (Å²) in [5.74, 6) is -0.0729. The van der Waals surface area contributed by atoms with Gasteiger partial charge in [0.1, 0.15) is 11.6 Å². The highest BCUT2D eigenvalue weighted by atomic mass is 35.5.